The van der Waals surface area contributed by atoms with Crippen LogP contribution in [0.2, 0.25) is 0 Å². The van der Waals surface area contributed by atoms with Gasteiger partial charge in [-0.1, -0.05) is 23.5 Å². The van der Waals surface area contributed by atoms with Crippen molar-refractivity contribution in [2.75, 3.05) is 38.2 Å². The van der Waals surface area contributed by atoms with Crippen molar-refractivity contribution in [3.05, 3.63) is 24.3 Å². The first-order valence-corrected chi connectivity index (χ1v) is 7.59. The standard InChI is InChI=1S/C14H17N3O2S/c18-13(17-7-9-19-10-8-17)5-6-15-14-16-11-3-1-2-4-12(11)20-14/h1-4H,5-10H2,(H,15,16). The zero-order valence-electron chi connectivity index (χ0n) is 11.2. The lowest BCUT2D eigenvalue weighted by Gasteiger charge is -2.26. The second-order valence-electron chi connectivity index (χ2n) is 4.66. The van der Waals surface area contributed by atoms with Gasteiger partial charge in [0.1, 0.15) is 0 Å². The maximum absolute atomic E-state index is 12.0. The van der Waals surface area contributed by atoms with E-state index in [4.69, 9.17) is 4.74 Å². The molecular formula is C14H17N3O2S. The van der Waals surface area contributed by atoms with Crippen LogP contribution in [-0.2, 0) is 9.53 Å². The lowest BCUT2D eigenvalue weighted by molar-refractivity contribution is -0.134. The van der Waals surface area contributed by atoms with Crippen molar-refractivity contribution in [3.63, 3.8) is 0 Å². The number of nitrogens with one attached hydrogen (secondary N) is 1. The van der Waals surface area contributed by atoms with Crippen LogP contribution >= 0.6 is 11.3 Å². The summed E-state index contributed by atoms with van der Waals surface area (Å²) in [6, 6.07) is 8.03. The molecule has 106 valence electrons. The second kappa shape index (κ2) is 6.19. The van der Waals surface area contributed by atoms with Crippen LogP contribution in [0.5, 0.6) is 0 Å². The number of rotatable bonds is 4. The maximum atomic E-state index is 12.0. The van der Waals surface area contributed by atoms with Gasteiger partial charge in [0.05, 0.1) is 23.4 Å². The molecule has 1 N–H and O–H groups in total. The average molecular weight is 291 g/mol. The molecule has 1 saturated heterocycles. The van der Waals surface area contributed by atoms with Crippen LogP contribution < -0.4 is 5.32 Å². The first-order chi connectivity index (χ1) is 9.83. The fourth-order valence-electron chi connectivity index (χ4n) is 2.20. The third kappa shape index (κ3) is 3.08. The third-order valence-electron chi connectivity index (χ3n) is 3.27. The van der Waals surface area contributed by atoms with E-state index < -0.39 is 0 Å². The Labute approximate surface area is 121 Å². The van der Waals surface area contributed by atoms with E-state index in [1.54, 1.807) is 11.3 Å². The normalized spacial score (nSPS) is 15.5. The van der Waals surface area contributed by atoms with Gasteiger partial charge in [-0.15, -0.1) is 0 Å². The predicted octanol–water partition coefficient (Wildman–Crippen LogP) is 1.96. The number of para-hydroxylation sites is 1. The molecule has 1 fully saturated rings. The van der Waals surface area contributed by atoms with Crippen LogP contribution in [0, 0.1) is 0 Å². The smallest absolute Gasteiger partial charge is 0.224 e. The number of hydrogen-bond donors (Lipinski definition) is 1. The fraction of sp³-hybridized carbons (Fsp3) is 0.429. The minimum absolute atomic E-state index is 0.182. The molecule has 2 heterocycles. The van der Waals surface area contributed by atoms with E-state index in [2.05, 4.69) is 16.4 Å². The lowest BCUT2D eigenvalue weighted by atomic mass is 10.3. The molecular weight excluding hydrogens is 274 g/mol. The Balaban J connectivity index is 1.50. The lowest BCUT2D eigenvalue weighted by Crippen LogP contribution is -2.41. The van der Waals surface area contributed by atoms with Crippen molar-refractivity contribution in [1.29, 1.82) is 0 Å². The van der Waals surface area contributed by atoms with Crippen molar-refractivity contribution in [1.82, 2.24) is 9.88 Å². The highest BCUT2D eigenvalue weighted by Gasteiger charge is 2.16. The summed E-state index contributed by atoms with van der Waals surface area (Å²) in [6.45, 7) is 3.34. The molecule has 1 aliphatic heterocycles. The molecule has 1 amide bonds. The highest BCUT2D eigenvalue weighted by Crippen LogP contribution is 2.25. The van der Waals surface area contributed by atoms with Gasteiger partial charge in [-0.05, 0) is 12.1 Å². The highest BCUT2D eigenvalue weighted by atomic mass is 32.1. The summed E-state index contributed by atoms with van der Waals surface area (Å²) in [7, 11) is 0. The van der Waals surface area contributed by atoms with E-state index in [1.165, 1.54) is 0 Å². The molecule has 6 heteroatoms. The summed E-state index contributed by atoms with van der Waals surface area (Å²) >= 11 is 1.62. The zero-order chi connectivity index (χ0) is 13.8. The van der Waals surface area contributed by atoms with Crippen LogP contribution in [-0.4, -0.2) is 48.6 Å². The molecule has 1 aromatic heterocycles. The molecule has 0 saturated carbocycles. The molecule has 0 unspecified atom stereocenters. The van der Waals surface area contributed by atoms with Crippen molar-refractivity contribution in [2.45, 2.75) is 6.42 Å². The highest BCUT2D eigenvalue weighted by molar-refractivity contribution is 7.22. The molecule has 0 bridgehead atoms. The summed E-state index contributed by atoms with van der Waals surface area (Å²) < 4.78 is 6.40. The van der Waals surface area contributed by atoms with Crippen molar-refractivity contribution in [3.8, 4) is 0 Å². The van der Waals surface area contributed by atoms with E-state index in [1.807, 2.05) is 23.1 Å². The number of thiazole rings is 1. The van der Waals surface area contributed by atoms with Crippen LogP contribution in [0.15, 0.2) is 24.3 Å². The zero-order valence-corrected chi connectivity index (χ0v) is 12.0. The minimum Gasteiger partial charge on any atom is -0.378 e. The number of amides is 1. The number of fused-ring (bicyclic) bond motifs is 1. The molecule has 0 spiro atoms. The molecule has 5 nitrogen and oxygen atoms in total. The van der Waals surface area contributed by atoms with Gasteiger partial charge in [0.2, 0.25) is 5.91 Å². The van der Waals surface area contributed by atoms with Crippen LogP contribution in [0.4, 0.5) is 5.13 Å². The van der Waals surface area contributed by atoms with E-state index in [0.717, 1.165) is 15.3 Å². The number of aromatic nitrogens is 1. The van der Waals surface area contributed by atoms with Crippen LogP contribution in [0.1, 0.15) is 6.42 Å². The molecule has 0 radical (unpaired) electrons. The van der Waals surface area contributed by atoms with Crippen molar-refractivity contribution in [2.24, 2.45) is 0 Å². The maximum Gasteiger partial charge on any atom is 0.224 e. The molecule has 1 aliphatic rings. The average Bonchev–Trinajstić information content (AvgIpc) is 2.90. The molecule has 2 aromatic rings. The molecule has 20 heavy (non-hydrogen) atoms. The molecule has 0 atom stereocenters. The Hall–Kier alpha value is -1.66. The molecule has 3 rings (SSSR count). The molecule has 0 aliphatic carbocycles. The topological polar surface area (TPSA) is 54.5 Å². The SMILES string of the molecule is O=C(CCNc1nc2ccccc2s1)N1CCOCC1. The van der Waals surface area contributed by atoms with Gasteiger partial charge >= 0.3 is 0 Å². The number of benzene rings is 1. The number of hydrogen-bond acceptors (Lipinski definition) is 5. The van der Waals surface area contributed by atoms with E-state index in [0.29, 0.717) is 39.3 Å². The van der Waals surface area contributed by atoms with Gasteiger partial charge in [-0.25, -0.2) is 4.98 Å². The first-order valence-electron chi connectivity index (χ1n) is 6.78. The Bertz CT molecular complexity index is 560. The number of ether oxygens (including phenoxy) is 1. The fourth-order valence-corrected chi connectivity index (χ4v) is 3.09. The Morgan fingerprint density at radius 2 is 2.15 bits per heavy atom. The van der Waals surface area contributed by atoms with E-state index >= 15 is 0 Å². The van der Waals surface area contributed by atoms with Gasteiger partial charge in [-0.2, -0.15) is 0 Å². The van der Waals surface area contributed by atoms with E-state index in [9.17, 15) is 4.79 Å². The van der Waals surface area contributed by atoms with Crippen molar-refractivity contribution >= 4 is 32.6 Å². The first kappa shape index (κ1) is 13.3. The predicted molar refractivity (Wildman–Crippen MR) is 80.1 cm³/mol. The van der Waals surface area contributed by atoms with Gasteiger partial charge in [-0.3, -0.25) is 4.79 Å². The Kier molecular flexibility index (Phi) is 4.13. The second-order valence-corrected chi connectivity index (χ2v) is 5.69. The summed E-state index contributed by atoms with van der Waals surface area (Å²) in [6.07, 6.45) is 0.496. The number of morpholine rings is 1. The van der Waals surface area contributed by atoms with Crippen LogP contribution in [0.25, 0.3) is 10.2 Å². The van der Waals surface area contributed by atoms with Gasteiger partial charge in [0.25, 0.3) is 0 Å². The van der Waals surface area contributed by atoms with Gasteiger partial charge in [0, 0.05) is 26.1 Å². The minimum atomic E-state index is 0.182. The summed E-state index contributed by atoms with van der Waals surface area (Å²) in [5.41, 5.74) is 1.000. The number of carbonyl (C=O) groups is 1. The summed E-state index contributed by atoms with van der Waals surface area (Å²) in [5, 5.41) is 4.11. The quantitative estimate of drug-likeness (QED) is 0.935. The Morgan fingerprint density at radius 3 is 2.95 bits per heavy atom. The molecule has 1 aromatic carbocycles. The van der Waals surface area contributed by atoms with Gasteiger partial charge in [0.15, 0.2) is 5.13 Å². The number of anilines is 1. The summed E-state index contributed by atoms with van der Waals surface area (Å²) in [5.74, 6) is 0.182. The largest absolute Gasteiger partial charge is 0.378 e. The van der Waals surface area contributed by atoms with Crippen molar-refractivity contribution < 1.29 is 9.53 Å². The number of carbonyl (C=O) groups excluding carboxylic acids is 1. The van der Waals surface area contributed by atoms with Crippen LogP contribution in [0.3, 0.4) is 0 Å². The number of nitrogens with zero attached hydrogens (tertiary/aromatic N) is 2. The monoisotopic (exact) mass is 291 g/mol. The summed E-state index contributed by atoms with van der Waals surface area (Å²) in [4.78, 5) is 18.3. The van der Waals surface area contributed by atoms with Gasteiger partial charge < -0.3 is 15.0 Å². The Morgan fingerprint density at radius 1 is 1.35 bits per heavy atom. The van der Waals surface area contributed by atoms with E-state index in [-0.39, 0.29) is 5.91 Å². The third-order valence-corrected chi connectivity index (χ3v) is 4.27.